The molecule has 3 aromatic carbocycles. The first-order valence-corrected chi connectivity index (χ1v) is 11.1. The molecule has 0 fully saturated rings. The zero-order chi connectivity index (χ0) is 21.8. The fourth-order valence-corrected chi connectivity index (χ4v) is 4.20. The molecule has 3 heteroatoms. The lowest BCUT2D eigenvalue weighted by molar-refractivity contribution is 0.631. The van der Waals surface area contributed by atoms with Crippen LogP contribution in [0.5, 0.6) is 0 Å². The van der Waals surface area contributed by atoms with Crippen LogP contribution in [0, 0.1) is 19.7 Å². The van der Waals surface area contributed by atoms with E-state index in [-0.39, 0.29) is 5.82 Å². The Hall–Kier alpha value is -3.20. The normalized spacial score (nSPS) is 11.1. The number of unbranched alkanes of at least 4 members (excludes halogenated alkanes) is 2. The van der Waals surface area contributed by atoms with Gasteiger partial charge in [0, 0.05) is 23.5 Å². The van der Waals surface area contributed by atoms with Gasteiger partial charge in [-0.15, -0.1) is 0 Å². The molecule has 0 unspecified atom stereocenters. The molecule has 0 bridgehead atoms. The Morgan fingerprint density at radius 3 is 2.29 bits per heavy atom. The summed E-state index contributed by atoms with van der Waals surface area (Å²) in [5.74, 6) is 0.600. The summed E-state index contributed by atoms with van der Waals surface area (Å²) in [6.45, 7) is 6.42. The first kappa shape index (κ1) is 21.0. The second-order valence-electron chi connectivity index (χ2n) is 8.21. The highest BCUT2D eigenvalue weighted by atomic mass is 19.1. The van der Waals surface area contributed by atoms with Crippen LogP contribution in [-0.2, 0) is 6.42 Å². The minimum absolute atomic E-state index is 0.215. The molecule has 0 spiro atoms. The van der Waals surface area contributed by atoms with E-state index in [9.17, 15) is 4.39 Å². The third-order valence-corrected chi connectivity index (χ3v) is 5.88. The van der Waals surface area contributed by atoms with Gasteiger partial charge in [-0.1, -0.05) is 62.2 Å². The monoisotopic (exact) mass is 412 g/mol. The van der Waals surface area contributed by atoms with Crippen LogP contribution < -0.4 is 0 Å². The molecule has 0 aliphatic carbocycles. The van der Waals surface area contributed by atoms with Crippen molar-refractivity contribution in [3.63, 3.8) is 0 Å². The van der Waals surface area contributed by atoms with Gasteiger partial charge in [0.2, 0.25) is 0 Å². The number of hydrogen-bond donors (Lipinski definition) is 0. The summed E-state index contributed by atoms with van der Waals surface area (Å²) in [6, 6.07) is 19.8. The third kappa shape index (κ3) is 4.46. The van der Waals surface area contributed by atoms with Gasteiger partial charge in [0.1, 0.15) is 11.6 Å². The van der Waals surface area contributed by atoms with Crippen LogP contribution in [0.3, 0.4) is 0 Å². The van der Waals surface area contributed by atoms with Crippen molar-refractivity contribution < 1.29 is 4.39 Å². The number of benzene rings is 3. The van der Waals surface area contributed by atoms with Gasteiger partial charge in [0.25, 0.3) is 0 Å². The number of halogens is 1. The summed E-state index contributed by atoms with van der Waals surface area (Å²) in [5.41, 5.74) is 7.19. The topological polar surface area (TPSA) is 17.8 Å². The molecule has 0 amide bonds. The summed E-state index contributed by atoms with van der Waals surface area (Å²) in [7, 11) is 0. The minimum atomic E-state index is -0.215. The Morgan fingerprint density at radius 1 is 0.871 bits per heavy atom. The van der Waals surface area contributed by atoms with Crippen LogP contribution in [0.2, 0.25) is 0 Å². The molecule has 0 aliphatic heterocycles. The molecule has 4 aromatic rings. The van der Waals surface area contributed by atoms with Crippen molar-refractivity contribution in [3.05, 3.63) is 95.6 Å². The van der Waals surface area contributed by atoms with E-state index in [1.165, 1.54) is 36.0 Å². The summed E-state index contributed by atoms with van der Waals surface area (Å²) in [5, 5.41) is 0. The Labute approximate surface area is 184 Å². The number of hydrogen-bond acceptors (Lipinski definition) is 1. The van der Waals surface area contributed by atoms with Gasteiger partial charge in [-0.25, -0.2) is 9.37 Å². The lowest BCUT2D eigenvalue weighted by atomic mass is 9.99. The van der Waals surface area contributed by atoms with Crippen LogP contribution in [0.4, 0.5) is 4.39 Å². The van der Waals surface area contributed by atoms with Gasteiger partial charge in [0.05, 0.1) is 5.69 Å². The summed E-state index contributed by atoms with van der Waals surface area (Å²) >= 11 is 0. The van der Waals surface area contributed by atoms with Crippen LogP contribution >= 0.6 is 0 Å². The standard InChI is InChI=1S/C28H29FN2/c1-4-5-6-10-22-11-13-23(14-12-22)25-19-24(15-16-26(25)29)28-30-17-18-31(28)27-20(2)8-7-9-21(27)3/h7-9,11-19H,4-6,10H2,1-3H3. The number of para-hydroxylation sites is 1. The molecule has 1 aromatic heterocycles. The molecular weight excluding hydrogens is 383 g/mol. The number of rotatable bonds is 7. The largest absolute Gasteiger partial charge is 0.299 e. The van der Waals surface area contributed by atoms with Gasteiger partial charge in [-0.2, -0.15) is 0 Å². The Kier molecular flexibility index (Phi) is 6.31. The van der Waals surface area contributed by atoms with Crippen molar-refractivity contribution in [1.82, 2.24) is 9.55 Å². The van der Waals surface area contributed by atoms with Crippen molar-refractivity contribution in [3.8, 4) is 28.2 Å². The Balaban J connectivity index is 1.70. The third-order valence-electron chi connectivity index (χ3n) is 5.88. The highest BCUT2D eigenvalue weighted by Gasteiger charge is 2.14. The molecule has 0 N–H and O–H groups in total. The van der Waals surface area contributed by atoms with Gasteiger partial charge >= 0.3 is 0 Å². The Bertz CT molecular complexity index is 1150. The van der Waals surface area contributed by atoms with Crippen molar-refractivity contribution in [2.75, 3.05) is 0 Å². The molecule has 2 nitrogen and oxygen atoms in total. The van der Waals surface area contributed by atoms with Gasteiger partial charge in [-0.05, 0) is 67.1 Å². The van der Waals surface area contributed by atoms with E-state index >= 15 is 0 Å². The molecular formula is C28H29FN2. The number of nitrogens with zero attached hydrogens (tertiary/aromatic N) is 2. The molecule has 0 saturated heterocycles. The molecule has 4 rings (SSSR count). The van der Waals surface area contributed by atoms with E-state index in [1.807, 2.05) is 30.5 Å². The maximum absolute atomic E-state index is 14.8. The van der Waals surface area contributed by atoms with E-state index in [1.54, 1.807) is 12.3 Å². The van der Waals surface area contributed by atoms with Crippen molar-refractivity contribution >= 4 is 0 Å². The fourth-order valence-electron chi connectivity index (χ4n) is 4.20. The van der Waals surface area contributed by atoms with Crippen molar-refractivity contribution in [1.29, 1.82) is 0 Å². The number of aromatic nitrogens is 2. The summed E-state index contributed by atoms with van der Waals surface area (Å²) < 4.78 is 16.9. The second-order valence-corrected chi connectivity index (χ2v) is 8.21. The lowest BCUT2D eigenvalue weighted by Gasteiger charge is -2.15. The van der Waals surface area contributed by atoms with Crippen LogP contribution in [0.25, 0.3) is 28.2 Å². The van der Waals surface area contributed by atoms with E-state index in [0.717, 1.165) is 29.1 Å². The van der Waals surface area contributed by atoms with E-state index in [2.05, 4.69) is 60.7 Å². The summed E-state index contributed by atoms with van der Waals surface area (Å²) in [4.78, 5) is 4.61. The first-order valence-electron chi connectivity index (χ1n) is 11.1. The van der Waals surface area contributed by atoms with Gasteiger partial charge in [0.15, 0.2) is 0 Å². The average Bonchev–Trinajstić information content (AvgIpc) is 3.24. The van der Waals surface area contributed by atoms with E-state index in [4.69, 9.17) is 0 Å². The minimum Gasteiger partial charge on any atom is -0.299 e. The van der Waals surface area contributed by atoms with Crippen molar-refractivity contribution in [2.45, 2.75) is 46.5 Å². The maximum Gasteiger partial charge on any atom is 0.144 e. The highest BCUT2D eigenvalue weighted by Crippen LogP contribution is 2.31. The molecule has 31 heavy (non-hydrogen) atoms. The zero-order valence-electron chi connectivity index (χ0n) is 18.5. The van der Waals surface area contributed by atoms with Gasteiger partial charge < -0.3 is 0 Å². The zero-order valence-corrected chi connectivity index (χ0v) is 18.5. The molecule has 0 aliphatic rings. The van der Waals surface area contributed by atoms with Gasteiger partial charge in [-0.3, -0.25) is 4.57 Å². The van der Waals surface area contributed by atoms with Crippen LogP contribution in [0.1, 0.15) is 42.9 Å². The smallest absolute Gasteiger partial charge is 0.144 e. The molecule has 158 valence electrons. The Morgan fingerprint density at radius 2 is 1.58 bits per heavy atom. The quantitative estimate of drug-likeness (QED) is 0.284. The number of imidazole rings is 1. The summed E-state index contributed by atoms with van der Waals surface area (Å²) in [6.07, 6.45) is 8.50. The second kappa shape index (κ2) is 9.30. The van der Waals surface area contributed by atoms with E-state index in [0.29, 0.717) is 5.56 Å². The fraction of sp³-hybridized carbons (Fsp3) is 0.250. The SMILES string of the molecule is CCCCCc1ccc(-c2cc(-c3nccn3-c3c(C)cccc3C)ccc2F)cc1. The molecule has 1 heterocycles. The van der Waals surface area contributed by atoms with E-state index < -0.39 is 0 Å². The maximum atomic E-state index is 14.8. The molecule has 0 saturated carbocycles. The predicted octanol–water partition coefficient (Wildman–Crippen LogP) is 7.69. The molecule has 0 radical (unpaired) electrons. The lowest BCUT2D eigenvalue weighted by Crippen LogP contribution is -2.01. The highest BCUT2D eigenvalue weighted by molar-refractivity contribution is 5.72. The van der Waals surface area contributed by atoms with Crippen LogP contribution in [-0.4, -0.2) is 9.55 Å². The average molecular weight is 413 g/mol. The van der Waals surface area contributed by atoms with Crippen molar-refractivity contribution in [2.24, 2.45) is 0 Å². The molecule has 0 atom stereocenters. The first-order chi connectivity index (χ1) is 15.1. The van der Waals surface area contributed by atoms with Crippen LogP contribution in [0.15, 0.2) is 73.1 Å². The number of aryl methyl sites for hydroxylation is 3. The predicted molar refractivity (Wildman–Crippen MR) is 127 cm³/mol.